The summed E-state index contributed by atoms with van der Waals surface area (Å²) in [5, 5.41) is 2.08. The highest BCUT2D eigenvalue weighted by molar-refractivity contribution is 7.98. The molecule has 0 fully saturated rings. The third-order valence-corrected chi connectivity index (χ3v) is 6.77. The van der Waals surface area contributed by atoms with Gasteiger partial charge in [-0.15, -0.1) is 11.3 Å². The minimum Gasteiger partial charge on any atom is -0.494 e. The molecule has 5 aromatic rings. The molecular formula is C23H19N3OS2. The predicted molar refractivity (Wildman–Crippen MR) is 121 cm³/mol. The molecule has 144 valence electrons. The molecule has 2 aromatic heterocycles. The number of fused-ring (bicyclic) bond motifs is 2. The van der Waals surface area contributed by atoms with E-state index in [1.54, 1.807) is 23.1 Å². The van der Waals surface area contributed by atoms with Gasteiger partial charge in [0.1, 0.15) is 10.8 Å². The van der Waals surface area contributed by atoms with Gasteiger partial charge in [-0.25, -0.2) is 9.97 Å². The topological polar surface area (TPSA) is 39.9 Å². The van der Waals surface area contributed by atoms with Crippen LogP contribution in [0.25, 0.3) is 26.9 Å². The highest BCUT2D eigenvalue weighted by Crippen LogP contribution is 2.32. The van der Waals surface area contributed by atoms with Crippen LogP contribution in [0, 0.1) is 0 Å². The number of nitrogens with zero attached hydrogens (tertiary/aromatic N) is 3. The molecule has 0 N–H and O–H groups in total. The van der Waals surface area contributed by atoms with Gasteiger partial charge >= 0.3 is 0 Å². The third kappa shape index (κ3) is 3.61. The largest absolute Gasteiger partial charge is 0.494 e. The molecule has 0 aliphatic carbocycles. The first kappa shape index (κ1) is 18.2. The highest BCUT2D eigenvalue weighted by atomic mass is 32.2. The normalized spacial score (nSPS) is 11.3. The number of hydrogen-bond donors (Lipinski definition) is 0. The zero-order valence-corrected chi connectivity index (χ0v) is 17.5. The Hall–Kier alpha value is -2.83. The molecule has 0 atom stereocenters. The number of para-hydroxylation sites is 3. The van der Waals surface area contributed by atoms with E-state index < -0.39 is 0 Å². The smallest absolute Gasteiger partial charge is 0.174 e. The van der Waals surface area contributed by atoms with Crippen molar-refractivity contribution >= 4 is 44.3 Å². The van der Waals surface area contributed by atoms with Gasteiger partial charge in [-0.3, -0.25) is 4.57 Å². The molecule has 29 heavy (non-hydrogen) atoms. The van der Waals surface area contributed by atoms with Crippen LogP contribution >= 0.6 is 23.1 Å². The molecule has 0 saturated heterocycles. The summed E-state index contributed by atoms with van der Waals surface area (Å²) in [5.41, 5.74) is 4.23. The Bertz CT molecular complexity index is 1240. The minimum atomic E-state index is 0.663. The van der Waals surface area contributed by atoms with Crippen molar-refractivity contribution in [2.45, 2.75) is 17.8 Å². The van der Waals surface area contributed by atoms with Gasteiger partial charge in [0, 0.05) is 5.69 Å². The van der Waals surface area contributed by atoms with Gasteiger partial charge in [-0.05, 0) is 55.5 Å². The van der Waals surface area contributed by atoms with Crippen LogP contribution in [0.1, 0.15) is 11.9 Å². The molecule has 0 unspecified atom stereocenters. The van der Waals surface area contributed by atoms with Crippen molar-refractivity contribution in [1.29, 1.82) is 0 Å². The number of thiazole rings is 1. The molecule has 0 radical (unpaired) electrons. The van der Waals surface area contributed by atoms with Crippen LogP contribution in [-0.4, -0.2) is 21.1 Å². The highest BCUT2D eigenvalue weighted by Gasteiger charge is 2.14. The van der Waals surface area contributed by atoms with Gasteiger partial charge in [-0.1, -0.05) is 36.0 Å². The van der Waals surface area contributed by atoms with Crippen LogP contribution in [0.3, 0.4) is 0 Å². The quantitative estimate of drug-likeness (QED) is 0.303. The first-order valence-corrected chi connectivity index (χ1v) is 11.3. The van der Waals surface area contributed by atoms with Crippen molar-refractivity contribution in [3.8, 4) is 11.4 Å². The minimum absolute atomic E-state index is 0.663. The molecule has 3 aromatic carbocycles. The summed E-state index contributed by atoms with van der Waals surface area (Å²) < 4.78 is 9.03. The average molecular weight is 418 g/mol. The summed E-state index contributed by atoms with van der Waals surface area (Å²) in [6.07, 6.45) is 0. The van der Waals surface area contributed by atoms with E-state index >= 15 is 0 Å². The lowest BCUT2D eigenvalue weighted by molar-refractivity contribution is 0.340. The second-order valence-corrected chi connectivity index (χ2v) is 8.57. The van der Waals surface area contributed by atoms with Crippen LogP contribution in [0.4, 0.5) is 0 Å². The molecule has 0 amide bonds. The van der Waals surface area contributed by atoms with Crippen molar-refractivity contribution in [3.63, 3.8) is 0 Å². The zero-order chi connectivity index (χ0) is 19.6. The van der Waals surface area contributed by atoms with Gasteiger partial charge in [-0.2, -0.15) is 0 Å². The lowest BCUT2D eigenvalue weighted by Crippen LogP contribution is -1.97. The van der Waals surface area contributed by atoms with E-state index in [1.165, 1.54) is 4.70 Å². The molecule has 4 nitrogen and oxygen atoms in total. The van der Waals surface area contributed by atoms with Crippen LogP contribution in [0.5, 0.6) is 5.75 Å². The van der Waals surface area contributed by atoms with E-state index in [-0.39, 0.29) is 0 Å². The van der Waals surface area contributed by atoms with Gasteiger partial charge in [0.25, 0.3) is 0 Å². The number of thioether (sulfide) groups is 1. The Balaban J connectivity index is 1.50. The van der Waals surface area contributed by atoms with Gasteiger partial charge in [0.15, 0.2) is 5.16 Å². The first-order chi connectivity index (χ1) is 14.3. The van der Waals surface area contributed by atoms with Gasteiger partial charge < -0.3 is 4.74 Å². The summed E-state index contributed by atoms with van der Waals surface area (Å²) in [4.78, 5) is 9.65. The average Bonchev–Trinajstić information content (AvgIpc) is 3.34. The number of rotatable bonds is 6. The third-order valence-electron chi connectivity index (χ3n) is 4.60. The maximum atomic E-state index is 5.59. The summed E-state index contributed by atoms with van der Waals surface area (Å²) in [5.74, 6) is 1.67. The van der Waals surface area contributed by atoms with Crippen LogP contribution in [-0.2, 0) is 5.75 Å². The number of benzene rings is 3. The Morgan fingerprint density at radius 3 is 2.45 bits per heavy atom. The molecule has 0 saturated carbocycles. The van der Waals surface area contributed by atoms with Gasteiger partial charge in [0.05, 0.1) is 33.6 Å². The second kappa shape index (κ2) is 7.89. The molecule has 5 rings (SSSR count). The lowest BCUT2D eigenvalue weighted by Gasteiger charge is -2.10. The fourth-order valence-corrected chi connectivity index (χ4v) is 5.30. The summed E-state index contributed by atoms with van der Waals surface area (Å²) in [6.45, 7) is 2.66. The van der Waals surface area contributed by atoms with E-state index in [0.717, 1.165) is 43.9 Å². The fourth-order valence-electron chi connectivity index (χ4n) is 3.32. The molecule has 0 bridgehead atoms. The summed E-state index contributed by atoms with van der Waals surface area (Å²) in [7, 11) is 0. The molecule has 0 aliphatic rings. The fraction of sp³-hybridized carbons (Fsp3) is 0.130. The van der Waals surface area contributed by atoms with Crippen LogP contribution < -0.4 is 4.74 Å². The Morgan fingerprint density at radius 2 is 1.66 bits per heavy atom. The SMILES string of the molecule is CCOc1ccc(-n2c(SCc3nc4ccccc4s3)nc3ccccc32)cc1. The van der Waals surface area contributed by atoms with E-state index in [9.17, 15) is 0 Å². The van der Waals surface area contributed by atoms with E-state index in [4.69, 9.17) is 14.7 Å². The molecule has 2 heterocycles. The summed E-state index contributed by atoms with van der Waals surface area (Å²) in [6, 6.07) is 24.7. The van der Waals surface area contributed by atoms with Crippen molar-refractivity contribution in [3.05, 3.63) is 77.8 Å². The molecule has 6 heteroatoms. The number of hydrogen-bond acceptors (Lipinski definition) is 5. The van der Waals surface area contributed by atoms with E-state index in [1.807, 2.05) is 31.2 Å². The number of aromatic nitrogens is 3. The second-order valence-electron chi connectivity index (χ2n) is 6.51. The van der Waals surface area contributed by atoms with Crippen LogP contribution in [0.2, 0.25) is 0 Å². The Kier molecular flexibility index (Phi) is 4.96. The molecule has 0 spiro atoms. The molecular weight excluding hydrogens is 398 g/mol. The monoisotopic (exact) mass is 417 g/mol. The first-order valence-electron chi connectivity index (χ1n) is 9.50. The summed E-state index contributed by atoms with van der Waals surface area (Å²) >= 11 is 3.47. The Labute approximate surface area is 177 Å². The maximum absolute atomic E-state index is 5.59. The van der Waals surface area contributed by atoms with Crippen molar-refractivity contribution in [2.75, 3.05) is 6.61 Å². The van der Waals surface area contributed by atoms with Crippen molar-refractivity contribution < 1.29 is 4.74 Å². The van der Waals surface area contributed by atoms with Gasteiger partial charge in [0.2, 0.25) is 0 Å². The van der Waals surface area contributed by atoms with Crippen molar-refractivity contribution in [1.82, 2.24) is 14.5 Å². The van der Waals surface area contributed by atoms with Crippen LogP contribution in [0.15, 0.2) is 78.0 Å². The van der Waals surface area contributed by atoms with E-state index in [0.29, 0.717) is 6.61 Å². The maximum Gasteiger partial charge on any atom is 0.174 e. The number of ether oxygens (including phenoxy) is 1. The van der Waals surface area contributed by atoms with Crippen molar-refractivity contribution in [2.24, 2.45) is 0 Å². The Morgan fingerprint density at radius 1 is 0.897 bits per heavy atom. The number of imidazole rings is 1. The lowest BCUT2D eigenvalue weighted by atomic mass is 10.2. The predicted octanol–water partition coefficient (Wildman–Crippen LogP) is 6.33. The zero-order valence-electron chi connectivity index (χ0n) is 15.9. The molecule has 0 aliphatic heterocycles. The van der Waals surface area contributed by atoms with E-state index in [2.05, 4.69) is 53.1 Å². The standard InChI is InChI=1S/C23H19N3OS2/c1-2-27-17-13-11-16(12-14-17)26-20-9-5-3-7-18(20)25-23(26)28-15-22-24-19-8-4-6-10-21(19)29-22/h3-14H,2,15H2,1H3.